The molecule has 1 unspecified atom stereocenters. The van der Waals surface area contributed by atoms with Crippen LogP contribution in [0.5, 0.6) is 0 Å². The van der Waals surface area contributed by atoms with E-state index in [0.29, 0.717) is 6.42 Å². The van der Waals surface area contributed by atoms with E-state index in [1.54, 1.807) is 0 Å². The Morgan fingerprint density at radius 3 is 1.74 bits per heavy atom. The summed E-state index contributed by atoms with van der Waals surface area (Å²) >= 11 is 0. The molecule has 0 amide bonds. The second-order valence-electron chi connectivity index (χ2n) is 8.42. The van der Waals surface area contributed by atoms with Gasteiger partial charge in [-0.3, -0.25) is 4.79 Å². The standard InChI is InChI=1S/C24H47NO2/c1-4-5-6-7-8-9-10-11-12-13-14-15-16-17-18-19-20-22(26)24(27)23(25)21(2)3/h11-12,21,23-24,27H,4-10,13-20,25H2,1-3H3/b12-11-/t23-,24?/m0/s1. The third-order valence-corrected chi connectivity index (χ3v) is 5.40. The Kier molecular flexibility index (Phi) is 18.2. The van der Waals surface area contributed by atoms with Gasteiger partial charge in [-0.05, 0) is 38.0 Å². The van der Waals surface area contributed by atoms with E-state index < -0.39 is 12.1 Å². The van der Waals surface area contributed by atoms with Crippen LogP contribution in [0, 0.1) is 5.92 Å². The van der Waals surface area contributed by atoms with Crippen LogP contribution in [0.1, 0.15) is 117 Å². The fraction of sp³-hybridized carbons (Fsp3) is 0.875. The van der Waals surface area contributed by atoms with Crippen LogP contribution in [0.2, 0.25) is 0 Å². The molecule has 0 aromatic heterocycles. The molecule has 27 heavy (non-hydrogen) atoms. The molecule has 0 aliphatic carbocycles. The van der Waals surface area contributed by atoms with Crippen molar-refractivity contribution in [1.29, 1.82) is 0 Å². The van der Waals surface area contributed by atoms with Crippen LogP contribution in [-0.2, 0) is 4.79 Å². The zero-order chi connectivity index (χ0) is 20.3. The number of hydrogen-bond donors (Lipinski definition) is 2. The van der Waals surface area contributed by atoms with E-state index in [1.807, 2.05) is 13.8 Å². The zero-order valence-electron chi connectivity index (χ0n) is 18.4. The average Bonchev–Trinajstić information content (AvgIpc) is 2.66. The Bertz CT molecular complexity index is 365. The largest absolute Gasteiger partial charge is 0.384 e. The number of nitrogens with two attached hydrogens (primary N) is 1. The van der Waals surface area contributed by atoms with Crippen molar-refractivity contribution in [3.8, 4) is 0 Å². The Hall–Kier alpha value is -0.670. The van der Waals surface area contributed by atoms with Gasteiger partial charge in [0.1, 0.15) is 6.10 Å². The highest BCUT2D eigenvalue weighted by molar-refractivity contribution is 5.83. The summed E-state index contributed by atoms with van der Waals surface area (Å²) in [6, 6.07) is -0.438. The molecule has 0 saturated carbocycles. The van der Waals surface area contributed by atoms with Gasteiger partial charge >= 0.3 is 0 Å². The SMILES string of the molecule is CCCCCCCC/C=C\CCCCCCCCC(=O)C(O)[C@@H](N)C(C)C. The van der Waals surface area contributed by atoms with Crippen molar-refractivity contribution in [2.24, 2.45) is 11.7 Å². The molecule has 0 aromatic carbocycles. The summed E-state index contributed by atoms with van der Waals surface area (Å²) in [6.07, 6.45) is 21.8. The highest BCUT2D eigenvalue weighted by atomic mass is 16.3. The van der Waals surface area contributed by atoms with Crippen LogP contribution >= 0.6 is 0 Å². The van der Waals surface area contributed by atoms with Crippen LogP contribution < -0.4 is 5.73 Å². The van der Waals surface area contributed by atoms with Crippen molar-refractivity contribution in [2.75, 3.05) is 0 Å². The van der Waals surface area contributed by atoms with E-state index in [-0.39, 0.29) is 11.7 Å². The summed E-state index contributed by atoms with van der Waals surface area (Å²) < 4.78 is 0. The third kappa shape index (κ3) is 16.0. The molecule has 0 aliphatic heterocycles. The number of carbonyl (C=O) groups excluding carboxylic acids is 1. The minimum absolute atomic E-state index is 0.0910. The normalized spacial score (nSPS) is 14.1. The van der Waals surface area contributed by atoms with Crippen LogP contribution in [0.3, 0.4) is 0 Å². The molecule has 0 spiro atoms. The fourth-order valence-corrected chi connectivity index (χ4v) is 3.27. The predicted octanol–water partition coefficient (Wildman–Crippen LogP) is 6.33. The summed E-state index contributed by atoms with van der Waals surface area (Å²) in [5.41, 5.74) is 5.85. The zero-order valence-corrected chi connectivity index (χ0v) is 18.4. The van der Waals surface area contributed by atoms with Gasteiger partial charge in [-0.2, -0.15) is 0 Å². The number of rotatable bonds is 19. The van der Waals surface area contributed by atoms with Crippen LogP contribution in [0.15, 0.2) is 12.2 Å². The molecule has 3 N–H and O–H groups in total. The molecule has 0 fully saturated rings. The lowest BCUT2D eigenvalue weighted by Gasteiger charge is -2.20. The Balaban J connectivity index is 3.38. The van der Waals surface area contributed by atoms with E-state index in [0.717, 1.165) is 12.8 Å². The molecule has 0 saturated heterocycles. The van der Waals surface area contributed by atoms with Crippen LogP contribution in [-0.4, -0.2) is 23.0 Å². The van der Waals surface area contributed by atoms with Crippen molar-refractivity contribution < 1.29 is 9.90 Å². The summed E-state index contributed by atoms with van der Waals surface area (Å²) in [6.45, 7) is 6.14. The summed E-state index contributed by atoms with van der Waals surface area (Å²) in [5.74, 6) is 0.0375. The number of unbranched alkanes of at least 4 members (excludes halogenated alkanes) is 12. The lowest BCUT2D eigenvalue weighted by molar-refractivity contribution is -0.128. The van der Waals surface area contributed by atoms with E-state index in [9.17, 15) is 9.90 Å². The first kappa shape index (κ1) is 26.3. The molecule has 0 heterocycles. The van der Waals surface area contributed by atoms with E-state index >= 15 is 0 Å². The van der Waals surface area contributed by atoms with Gasteiger partial charge in [0.2, 0.25) is 0 Å². The minimum atomic E-state index is -0.992. The summed E-state index contributed by atoms with van der Waals surface area (Å²) in [5, 5.41) is 9.90. The van der Waals surface area contributed by atoms with Crippen molar-refractivity contribution in [2.45, 2.75) is 129 Å². The molecule has 3 nitrogen and oxygen atoms in total. The first-order valence-corrected chi connectivity index (χ1v) is 11.6. The molecular formula is C24H47NO2. The second kappa shape index (κ2) is 18.7. The highest BCUT2D eigenvalue weighted by Crippen LogP contribution is 2.12. The molecule has 2 atom stereocenters. The minimum Gasteiger partial charge on any atom is -0.384 e. The van der Waals surface area contributed by atoms with Crippen molar-refractivity contribution in [3.63, 3.8) is 0 Å². The molecule has 3 heteroatoms. The maximum absolute atomic E-state index is 11.9. The van der Waals surface area contributed by atoms with E-state index in [2.05, 4.69) is 19.1 Å². The average molecular weight is 382 g/mol. The van der Waals surface area contributed by atoms with Gasteiger partial charge < -0.3 is 10.8 Å². The van der Waals surface area contributed by atoms with Gasteiger partial charge in [-0.15, -0.1) is 0 Å². The van der Waals surface area contributed by atoms with E-state index in [1.165, 1.54) is 77.0 Å². The van der Waals surface area contributed by atoms with Crippen LogP contribution in [0.25, 0.3) is 0 Å². The number of carbonyl (C=O) groups is 1. The van der Waals surface area contributed by atoms with E-state index in [4.69, 9.17) is 5.73 Å². The Labute approximate surface area is 169 Å². The van der Waals surface area contributed by atoms with Crippen molar-refractivity contribution >= 4 is 5.78 Å². The molecule has 0 aromatic rings. The van der Waals surface area contributed by atoms with Crippen molar-refractivity contribution in [3.05, 3.63) is 12.2 Å². The number of ketones is 1. The number of Topliss-reactive ketones (excluding diaryl/α,β-unsaturated/α-hetero) is 1. The smallest absolute Gasteiger partial charge is 0.162 e. The van der Waals surface area contributed by atoms with Gasteiger partial charge in [-0.25, -0.2) is 0 Å². The molecule has 0 bridgehead atoms. The fourth-order valence-electron chi connectivity index (χ4n) is 3.27. The molecule has 160 valence electrons. The number of aliphatic hydroxyl groups excluding tert-OH is 1. The maximum Gasteiger partial charge on any atom is 0.162 e. The maximum atomic E-state index is 11.9. The van der Waals surface area contributed by atoms with Crippen molar-refractivity contribution in [1.82, 2.24) is 0 Å². The summed E-state index contributed by atoms with van der Waals surface area (Å²) in [7, 11) is 0. The van der Waals surface area contributed by atoms with Gasteiger partial charge in [0, 0.05) is 12.5 Å². The quantitative estimate of drug-likeness (QED) is 0.203. The second-order valence-corrected chi connectivity index (χ2v) is 8.42. The monoisotopic (exact) mass is 381 g/mol. The molecule has 0 aliphatic rings. The first-order chi connectivity index (χ1) is 13.0. The third-order valence-electron chi connectivity index (χ3n) is 5.40. The Morgan fingerprint density at radius 2 is 1.26 bits per heavy atom. The lowest BCUT2D eigenvalue weighted by atomic mass is 9.94. The number of allylic oxidation sites excluding steroid dienone is 2. The molecule has 0 rings (SSSR count). The number of hydrogen-bond acceptors (Lipinski definition) is 3. The van der Waals surface area contributed by atoms with Gasteiger partial charge in [0.15, 0.2) is 5.78 Å². The molecule has 0 radical (unpaired) electrons. The lowest BCUT2D eigenvalue weighted by Crippen LogP contribution is -2.44. The predicted molar refractivity (Wildman–Crippen MR) is 118 cm³/mol. The highest BCUT2D eigenvalue weighted by Gasteiger charge is 2.24. The Morgan fingerprint density at radius 1 is 0.815 bits per heavy atom. The topological polar surface area (TPSA) is 63.3 Å². The van der Waals surface area contributed by atoms with Crippen LogP contribution in [0.4, 0.5) is 0 Å². The number of aliphatic hydroxyl groups is 1. The van der Waals surface area contributed by atoms with Gasteiger partial charge in [-0.1, -0.05) is 90.7 Å². The first-order valence-electron chi connectivity index (χ1n) is 11.6. The summed E-state index contributed by atoms with van der Waals surface area (Å²) in [4.78, 5) is 11.9. The van der Waals surface area contributed by atoms with Gasteiger partial charge in [0.25, 0.3) is 0 Å². The molecular weight excluding hydrogens is 334 g/mol. The van der Waals surface area contributed by atoms with Gasteiger partial charge in [0.05, 0.1) is 0 Å².